The molecular formula is C17H38Cl3N3. The molecule has 0 amide bonds. The van der Waals surface area contributed by atoms with E-state index in [0.29, 0.717) is 0 Å². The van der Waals surface area contributed by atoms with Crippen LogP contribution in [0.5, 0.6) is 0 Å². The summed E-state index contributed by atoms with van der Waals surface area (Å²) in [6.45, 7) is 13.1. The van der Waals surface area contributed by atoms with Gasteiger partial charge in [0.25, 0.3) is 0 Å². The van der Waals surface area contributed by atoms with E-state index < -0.39 is 0 Å². The van der Waals surface area contributed by atoms with Gasteiger partial charge in [0.05, 0.1) is 0 Å². The standard InChI is InChI=1S/C17H35N3.3ClH/c1-3-19(4-2)15-17(20-12-10-18-11-13-20)14-16-8-6-5-7-9-16;;;/h16-18H,3-15H2,1-2H3;3*1H. The molecule has 6 heteroatoms. The van der Waals surface area contributed by atoms with E-state index >= 15 is 0 Å². The first-order valence-corrected chi connectivity index (χ1v) is 9.00. The molecule has 0 aromatic rings. The second kappa shape index (κ2) is 15.0. The van der Waals surface area contributed by atoms with Crippen molar-refractivity contribution in [1.29, 1.82) is 0 Å². The molecule has 1 saturated carbocycles. The van der Waals surface area contributed by atoms with Crippen LogP contribution >= 0.6 is 37.2 Å². The lowest BCUT2D eigenvalue weighted by atomic mass is 9.84. The molecule has 0 bridgehead atoms. The molecule has 2 aliphatic rings. The monoisotopic (exact) mass is 389 g/mol. The van der Waals surface area contributed by atoms with Crippen LogP contribution in [0.2, 0.25) is 0 Å². The Labute approximate surface area is 162 Å². The van der Waals surface area contributed by atoms with Gasteiger partial charge in [0.2, 0.25) is 0 Å². The van der Waals surface area contributed by atoms with E-state index in [9.17, 15) is 0 Å². The lowest BCUT2D eigenvalue weighted by molar-refractivity contribution is 0.103. The van der Waals surface area contributed by atoms with E-state index in [1.165, 1.54) is 84.3 Å². The first-order valence-electron chi connectivity index (χ1n) is 9.00. The van der Waals surface area contributed by atoms with Gasteiger partial charge in [-0.3, -0.25) is 4.90 Å². The van der Waals surface area contributed by atoms with Crippen molar-refractivity contribution in [2.45, 2.75) is 58.4 Å². The average Bonchev–Trinajstić information content (AvgIpc) is 2.53. The van der Waals surface area contributed by atoms with Crippen LogP contribution in [0.4, 0.5) is 0 Å². The van der Waals surface area contributed by atoms with Crippen molar-refractivity contribution >= 4 is 37.2 Å². The number of hydrogen-bond donors (Lipinski definition) is 1. The van der Waals surface area contributed by atoms with E-state index in [-0.39, 0.29) is 37.2 Å². The maximum atomic E-state index is 3.50. The van der Waals surface area contributed by atoms with Crippen LogP contribution in [0.1, 0.15) is 52.4 Å². The first kappa shape index (κ1) is 26.0. The van der Waals surface area contributed by atoms with E-state index in [1.54, 1.807) is 0 Å². The van der Waals surface area contributed by atoms with Crippen LogP contribution in [0.3, 0.4) is 0 Å². The molecule has 0 radical (unpaired) electrons. The van der Waals surface area contributed by atoms with Crippen LogP contribution in [0.25, 0.3) is 0 Å². The summed E-state index contributed by atoms with van der Waals surface area (Å²) in [6, 6.07) is 0.792. The fourth-order valence-electron chi connectivity index (χ4n) is 3.97. The number of halogens is 3. The zero-order chi connectivity index (χ0) is 14.2. The van der Waals surface area contributed by atoms with Crippen molar-refractivity contribution in [2.24, 2.45) is 5.92 Å². The Morgan fingerprint density at radius 1 is 0.957 bits per heavy atom. The van der Waals surface area contributed by atoms with Crippen molar-refractivity contribution in [2.75, 3.05) is 45.8 Å². The Bertz CT molecular complexity index is 253. The fraction of sp³-hybridized carbons (Fsp3) is 1.00. The summed E-state index contributed by atoms with van der Waals surface area (Å²) in [4.78, 5) is 5.39. The molecule has 1 N–H and O–H groups in total. The second-order valence-electron chi connectivity index (χ2n) is 6.67. The Kier molecular flexibility index (Phi) is 17.0. The van der Waals surface area contributed by atoms with Gasteiger partial charge >= 0.3 is 0 Å². The predicted octanol–water partition coefficient (Wildman–Crippen LogP) is 3.84. The normalized spacial score (nSPS) is 21.0. The number of nitrogens with one attached hydrogen (secondary N) is 1. The summed E-state index contributed by atoms with van der Waals surface area (Å²) in [5.74, 6) is 0.999. The highest BCUT2D eigenvalue weighted by Gasteiger charge is 2.26. The minimum atomic E-state index is 0. The molecule has 1 saturated heterocycles. The van der Waals surface area contributed by atoms with Gasteiger partial charge in [-0.15, -0.1) is 37.2 Å². The lowest BCUT2D eigenvalue weighted by Crippen LogP contribution is -2.52. The molecule has 3 nitrogen and oxygen atoms in total. The summed E-state index contributed by atoms with van der Waals surface area (Å²) >= 11 is 0. The largest absolute Gasteiger partial charge is 0.314 e. The minimum Gasteiger partial charge on any atom is -0.314 e. The minimum absolute atomic E-state index is 0. The third-order valence-electron chi connectivity index (χ3n) is 5.36. The highest BCUT2D eigenvalue weighted by molar-refractivity contribution is 5.86. The number of nitrogens with zero attached hydrogens (tertiary/aromatic N) is 2. The third kappa shape index (κ3) is 9.13. The number of piperazine rings is 1. The average molecular weight is 391 g/mol. The molecule has 23 heavy (non-hydrogen) atoms. The van der Waals surface area contributed by atoms with Crippen LogP contribution in [-0.4, -0.2) is 61.7 Å². The van der Waals surface area contributed by atoms with Crippen molar-refractivity contribution in [3.05, 3.63) is 0 Å². The Balaban J connectivity index is 0. The Morgan fingerprint density at radius 3 is 2.04 bits per heavy atom. The molecule has 0 spiro atoms. The molecular weight excluding hydrogens is 353 g/mol. The van der Waals surface area contributed by atoms with E-state index in [1.807, 2.05) is 0 Å². The van der Waals surface area contributed by atoms with Crippen molar-refractivity contribution < 1.29 is 0 Å². The molecule has 1 unspecified atom stereocenters. The van der Waals surface area contributed by atoms with Crippen LogP contribution < -0.4 is 5.32 Å². The van der Waals surface area contributed by atoms with Gasteiger partial charge < -0.3 is 10.2 Å². The van der Waals surface area contributed by atoms with Gasteiger partial charge in [-0.05, 0) is 25.4 Å². The van der Waals surface area contributed by atoms with Gasteiger partial charge in [0.1, 0.15) is 0 Å². The summed E-state index contributed by atoms with van der Waals surface area (Å²) in [7, 11) is 0. The summed E-state index contributed by atoms with van der Waals surface area (Å²) in [5, 5.41) is 3.50. The Hall–Kier alpha value is 0.750. The second-order valence-corrected chi connectivity index (χ2v) is 6.67. The van der Waals surface area contributed by atoms with E-state index in [2.05, 4.69) is 29.0 Å². The van der Waals surface area contributed by atoms with E-state index in [4.69, 9.17) is 0 Å². The molecule has 1 heterocycles. The smallest absolute Gasteiger partial charge is 0.0226 e. The van der Waals surface area contributed by atoms with Gasteiger partial charge in [-0.2, -0.15) is 0 Å². The summed E-state index contributed by atoms with van der Waals surface area (Å²) in [5.41, 5.74) is 0. The Morgan fingerprint density at radius 2 is 1.52 bits per heavy atom. The molecule has 1 atom stereocenters. The van der Waals surface area contributed by atoms with Crippen LogP contribution in [0.15, 0.2) is 0 Å². The third-order valence-corrected chi connectivity index (χ3v) is 5.36. The maximum Gasteiger partial charge on any atom is 0.0226 e. The van der Waals surface area contributed by atoms with Crippen molar-refractivity contribution in [3.8, 4) is 0 Å². The topological polar surface area (TPSA) is 18.5 Å². The molecule has 1 aliphatic carbocycles. The van der Waals surface area contributed by atoms with Gasteiger partial charge in [0, 0.05) is 38.8 Å². The first-order chi connectivity index (χ1) is 9.83. The maximum absolute atomic E-state index is 3.50. The quantitative estimate of drug-likeness (QED) is 0.712. The zero-order valence-corrected chi connectivity index (χ0v) is 17.4. The molecule has 1 aliphatic heterocycles. The molecule has 2 fully saturated rings. The number of likely N-dealkylation sites (N-methyl/N-ethyl adjacent to an activating group) is 1. The number of rotatable bonds is 7. The van der Waals surface area contributed by atoms with Crippen LogP contribution in [0, 0.1) is 5.92 Å². The lowest BCUT2D eigenvalue weighted by Gasteiger charge is -2.39. The molecule has 142 valence electrons. The van der Waals surface area contributed by atoms with Crippen molar-refractivity contribution in [3.63, 3.8) is 0 Å². The SMILES string of the molecule is CCN(CC)CC(CC1CCCCC1)N1CCNCC1.Cl.Cl.Cl. The highest BCUT2D eigenvalue weighted by Crippen LogP contribution is 2.29. The number of hydrogen-bond acceptors (Lipinski definition) is 3. The summed E-state index contributed by atoms with van der Waals surface area (Å²) in [6.07, 6.45) is 8.84. The highest BCUT2D eigenvalue weighted by atomic mass is 35.5. The summed E-state index contributed by atoms with van der Waals surface area (Å²) < 4.78 is 0. The van der Waals surface area contributed by atoms with Gasteiger partial charge in [0.15, 0.2) is 0 Å². The fourth-order valence-corrected chi connectivity index (χ4v) is 3.97. The zero-order valence-electron chi connectivity index (χ0n) is 15.0. The van der Waals surface area contributed by atoms with Crippen molar-refractivity contribution in [1.82, 2.24) is 15.1 Å². The van der Waals surface area contributed by atoms with Crippen LogP contribution in [-0.2, 0) is 0 Å². The predicted molar refractivity (Wildman–Crippen MR) is 109 cm³/mol. The van der Waals surface area contributed by atoms with Gasteiger partial charge in [-0.25, -0.2) is 0 Å². The van der Waals surface area contributed by atoms with E-state index in [0.717, 1.165) is 12.0 Å². The van der Waals surface area contributed by atoms with Gasteiger partial charge in [-0.1, -0.05) is 46.0 Å². The molecule has 0 aromatic carbocycles. The molecule has 0 aromatic heterocycles. The molecule has 2 rings (SSSR count).